The predicted molar refractivity (Wildman–Crippen MR) is 98.3 cm³/mol. The summed E-state index contributed by atoms with van der Waals surface area (Å²) in [6.45, 7) is 3.90. The van der Waals surface area contributed by atoms with Crippen LogP contribution in [0.2, 0.25) is 0 Å². The molecule has 0 radical (unpaired) electrons. The summed E-state index contributed by atoms with van der Waals surface area (Å²) in [7, 11) is 0. The van der Waals surface area contributed by atoms with Crippen LogP contribution in [0.25, 0.3) is 11.5 Å². The molecular weight excluding hydrogens is 387 g/mol. The molecule has 3 aromatic rings. The van der Waals surface area contributed by atoms with E-state index < -0.39 is 23.6 Å². The Morgan fingerprint density at radius 1 is 1.03 bits per heavy atom. The minimum absolute atomic E-state index is 0.267. The molecule has 1 aliphatic heterocycles. The van der Waals surface area contributed by atoms with Gasteiger partial charge in [-0.1, -0.05) is 12.1 Å². The first kappa shape index (κ1) is 19.4. The fraction of sp³-hybridized carbons (Fsp3) is 0.300. The number of aromatic nitrogens is 2. The molecule has 0 bridgehead atoms. The Bertz CT molecular complexity index is 1000. The maximum absolute atomic E-state index is 12.7. The normalized spacial score (nSPS) is 18.7. The zero-order valence-electron chi connectivity index (χ0n) is 15.7. The monoisotopic (exact) mass is 405 g/mol. The molecule has 6 nitrogen and oxygen atoms in total. The first-order valence-electron chi connectivity index (χ1n) is 8.90. The third-order valence-electron chi connectivity index (χ3n) is 4.37. The number of benzene rings is 2. The molecule has 0 aliphatic carbocycles. The minimum Gasteiger partial charge on any atom is -0.418 e. The lowest BCUT2D eigenvalue weighted by Crippen LogP contribution is -2.19. The van der Waals surface area contributed by atoms with E-state index in [2.05, 4.69) is 15.5 Å². The molecule has 152 valence electrons. The van der Waals surface area contributed by atoms with E-state index in [-0.39, 0.29) is 5.89 Å². The molecule has 1 fully saturated rings. The van der Waals surface area contributed by atoms with Crippen LogP contribution in [0.3, 0.4) is 0 Å². The van der Waals surface area contributed by atoms with E-state index >= 15 is 0 Å². The van der Waals surface area contributed by atoms with Crippen LogP contribution in [-0.2, 0) is 15.7 Å². The number of anilines is 2. The van der Waals surface area contributed by atoms with Gasteiger partial charge in [-0.05, 0) is 50.2 Å². The number of hydrogen-bond acceptors (Lipinski definition) is 6. The molecule has 9 heteroatoms. The van der Waals surface area contributed by atoms with Crippen LogP contribution in [0.5, 0.6) is 0 Å². The van der Waals surface area contributed by atoms with Gasteiger partial charge in [0, 0.05) is 5.69 Å². The van der Waals surface area contributed by atoms with Gasteiger partial charge >= 0.3 is 6.18 Å². The molecule has 29 heavy (non-hydrogen) atoms. The van der Waals surface area contributed by atoms with Crippen molar-refractivity contribution in [1.82, 2.24) is 10.2 Å². The first-order chi connectivity index (χ1) is 13.7. The lowest BCUT2D eigenvalue weighted by atomic mass is 10.1. The van der Waals surface area contributed by atoms with Gasteiger partial charge in [0.2, 0.25) is 11.8 Å². The van der Waals surface area contributed by atoms with Crippen molar-refractivity contribution < 1.29 is 27.1 Å². The van der Waals surface area contributed by atoms with E-state index in [1.54, 1.807) is 38.1 Å². The first-order valence-corrected chi connectivity index (χ1v) is 8.90. The van der Waals surface area contributed by atoms with Crippen LogP contribution in [0, 0.1) is 0 Å². The SMILES string of the molecule is CC1(C)OCC(c2nnc(-c3ccccc3Nc3ccc(C(F)(F)F)cc3)o2)O1. The largest absolute Gasteiger partial charge is 0.418 e. The van der Waals surface area contributed by atoms with Gasteiger partial charge in [-0.25, -0.2) is 0 Å². The van der Waals surface area contributed by atoms with Crippen LogP contribution in [0.1, 0.15) is 31.4 Å². The van der Waals surface area contributed by atoms with Crippen molar-refractivity contribution >= 4 is 11.4 Å². The lowest BCUT2D eigenvalue weighted by molar-refractivity contribution is -0.141. The third kappa shape index (κ3) is 4.25. The number of nitrogens with one attached hydrogen (secondary N) is 1. The molecule has 2 aromatic carbocycles. The van der Waals surface area contributed by atoms with Crippen LogP contribution in [-0.4, -0.2) is 22.6 Å². The highest BCUT2D eigenvalue weighted by Gasteiger charge is 2.37. The fourth-order valence-corrected chi connectivity index (χ4v) is 2.96. The van der Waals surface area contributed by atoms with Crippen LogP contribution in [0.15, 0.2) is 52.9 Å². The molecule has 0 saturated carbocycles. The molecule has 1 N–H and O–H groups in total. The van der Waals surface area contributed by atoms with Crippen molar-refractivity contribution in [2.24, 2.45) is 0 Å². The standard InChI is InChI=1S/C20H18F3N3O3/c1-19(2)27-11-16(29-19)18-26-25-17(28-18)14-5-3-4-6-15(14)24-13-9-7-12(8-10-13)20(21,22)23/h3-10,16,24H,11H2,1-2H3. The Morgan fingerprint density at radius 3 is 2.41 bits per heavy atom. The van der Waals surface area contributed by atoms with Crippen molar-refractivity contribution in [1.29, 1.82) is 0 Å². The van der Waals surface area contributed by atoms with Crippen molar-refractivity contribution in [2.45, 2.75) is 31.9 Å². The summed E-state index contributed by atoms with van der Waals surface area (Å²) in [5.41, 5.74) is 1.02. The Kier molecular flexibility index (Phi) is 4.79. The predicted octanol–water partition coefficient (Wildman–Crippen LogP) is 5.32. The number of hydrogen-bond donors (Lipinski definition) is 1. The number of nitrogens with zero attached hydrogens (tertiary/aromatic N) is 2. The van der Waals surface area contributed by atoms with Crippen LogP contribution in [0.4, 0.5) is 24.5 Å². The summed E-state index contributed by atoms with van der Waals surface area (Å²) in [6, 6.07) is 11.9. The van der Waals surface area contributed by atoms with Gasteiger partial charge in [0.05, 0.1) is 23.4 Å². The molecule has 1 aromatic heterocycles. The number of alkyl halides is 3. The van der Waals surface area contributed by atoms with E-state index in [9.17, 15) is 13.2 Å². The lowest BCUT2D eigenvalue weighted by Gasteiger charge is -2.15. The minimum atomic E-state index is -4.38. The van der Waals surface area contributed by atoms with E-state index in [0.717, 1.165) is 12.1 Å². The zero-order chi connectivity index (χ0) is 20.6. The van der Waals surface area contributed by atoms with E-state index in [1.807, 2.05) is 0 Å². The van der Waals surface area contributed by atoms with Crippen molar-refractivity contribution in [3.8, 4) is 11.5 Å². The van der Waals surface area contributed by atoms with E-state index in [1.165, 1.54) is 12.1 Å². The highest BCUT2D eigenvalue weighted by atomic mass is 19.4. The summed E-state index contributed by atoms with van der Waals surface area (Å²) in [5, 5.41) is 11.2. The van der Waals surface area contributed by atoms with Crippen molar-refractivity contribution in [2.75, 3.05) is 11.9 Å². The second-order valence-electron chi connectivity index (χ2n) is 7.01. The molecule has 0 spiro atoms. The number of para-hydroxylation sites is 1. The topological polar surface area (TPSA) is 69.4 Å². The van der Waals surface area contributed by atoms with Gasteiger partial charge in [-0.3, -0.25) is 0 Å². The average Bonchev–Trinajstić information content (AvgIpc) is 3.28. The average molecular weight is 405 g/mol. The van der Waals surface area contributed by atoms with Gasteiger partial charge in [-0.15, -0.1) is 10.2 Å². The molecule has 4 rings (SSSR count). The maximum Gasteiger partial charge on any atom is 0.416 e. The Morgan fingerprint density at radius 2 is 1.76 bits per heavy atom. The van der Waals surface area contributed by atoms with E-state index in [0.29, 0.717) is 29.4 Å². The molecule has 1 unspecified atom stereocenters. The molecule has 1 aliphatic rings. The van der Waals surface area contributed by atoms with E-state index in [4.69, 9.17) is 13.9 Å². The number of rotatable bonds is 4. The van der Waals surface area contributed by atoms with Crippen molar-refractivity contribution in [3.63, 3.8) is 0 Å². The number of ether oxygens (including phenoxy) is 2. The Labute approximate surface area is 164 Å². The fourth-order valence-electron chi connectivity index (χ4n) is 2.96. The van der Waals surface area contributed by atoms with Crippen LogP contribution >= 0.6 is 0 Å². The molecule has 2 heterocycles. The molecule has 0 amide bonds. The Balaban J connectivity index is 1.56. The molecular formula is C20H18F3N3O3. The molecule has 1 saturated heterocycles. The van der Waals surface area contributed by atoms with Gasteiger partial charge in [0.25, 0.3) is 0 Å². The zero-order valence-corrected chi connectivity index (χ0v) is 15.7. The summed E-state index contributed by atoms with van der Waals surface area (Å²) in [4.78, 5) is 0. The highest BCUT2D eigenvalue weighted by Crippen LogP contribution is 2.35. The second-order valence-corrected chi connectivity index (χ2v) is 7.01. The third-order valence-corrected chi connectivity index (χ3v) is 4.37. The van der Waals surface area contributed by atoms with Gasteiger partial charge in [0.15, 0.2) is 11.9 Å². The maximum atomic E-state index is 12.7. The van der Waals surface area contributed by atoms with Gasteiger partial charge < -0.3 is 19.2 Å². The summed E-state index contributed by atoms with van der Waals surface area (Å²) >= 11 is 0. The molecule has 1 atom stereocenters. The Hall–Kier alpha value is -2.91. The van der Waals surface area contributed by atoms with Crippen molar-refractivity contribution in [3.05, 3.63) is 60.0 Å². The summed E-state index contributed by atoms with van der Waals surface area (Å²) < 4.78 is 55.2. The van der Waals surface area contributed by atoms with Gasteiger partial charge in [-0.2, -0.15) is 13.2 Å². The second kappa shape index (κ2) is 7.16. The van der Waals surface area contributed by atoms with Crippen LogP contribution < -0.4 is 5.32 Å². The number of halogens is 3. The highest BCUT2D eigenvalue weighted by molar-refractivity contribution is 5.76. The smallest absolute Gasteiger partial charge is 0.416 e. The van der Waals surface area contributed by atoms with Gasteiger partial charge in [0.1, 0.15) is 0 Å². The quantitative estimate of drug-likeness (QED) is 0.633. The summed E-state index contributed by atoms with van der Waals surface area (Å²) in [5.74, 6) is -0.153. The summed E-state index contributed by atoms with van der Waals surface area (Å²) in [6.07, 6.45) is -4.83.